The van der Waals surface area contributed by atoms with Crippen LogP contribution >= 0.6 is 0 Å². The Morgan fingerprint density at radius 2 is 1.37 bits per heavy atom. The molecule has 1 amide bonds. The highest BCUT2D eigenvalue weighted by molar-refractivity contribution is 6.01. The second-order valence-corrected chi connectivity index (χ2v) is 7.95. The standard InChI is InChI=1S/C19H15F8NO2/c20-16(21)12-7-28(8-13(12)17(22,23)19(26,27)18(16,24)25)15(30)11-5-6-14(29)10-4-2-1-3-9(10)11/h1-4,11-13H,5-8H2. The molecule has 0 radical (unpaired) electrons. The van der Waals surface area contributed by atoms with E-state index in [1.807, 2.05) is 0 Å². The van der Waals surface area contributed by atoms with Crippen molar-refractivity contribution in [2.45, 2.75) is 42.4 Å². The van der Waals surface area contributed by atoms with Gasteiger partial charge < -0.3 is 4.90 Å². The first-order valence-corrected chi connectivity index (χ1v) is 9.17. The Hall–Kier alpha value is -2.20. The number of Topliss-reactive ketones (excluding diaryl/α,β-unsaturated/α-hetero) is 1. The number of rotatable bonds is 1. The highest BCUT2D eigenvalue weighted by Gasteiger charge is 2.89. The SMILES string of the molecule is O=C1CCC(C(=O)N2CC3C(C2)C(F)(F)C(F)(F)C(F)(F)C3(F)F)c2ccccc21. The molecule has 0 N–H and O–H groups in total. The smallest absolute Gasteiger partial charge is 0.341 e. The van der Waals surface area contributed by atoms with Crippen molar-refractivity contribution in [2.75, 3.05) is 13.1 Å². The Kier molecular flexibility index (Phi) is 4.32. The van der Waals surface area contributed by atoms with E-state index in [0.29, 0.717) is 4.90 Å². The summed E-state index contributed by atoms with van der Waals surface area (Å²) in [4.78, 5) is 25.4. The van der Waals surface area contributed by atoms with Gasteiger partial charge in [-0.1, -0.05) is 24.3 Å². The van der Waals surface area contributed by atoms with E-state index in [4.69, 9.17) is 0 Å². The van der Waals surface area contributed by atoms with Crippen molar-refractivity contribution in [1.82, 2.24) is 4.90 Å². The normalized spacial score (nSPS) is 33.0. The molecule has 0 bridgehead atoms. The van der Waals surface area contributed by atoms with Crippen molar-refractivity contribution in [3.05, 3.63) is 35.4 Å². The Bertz CT molecular complexity index is 882. The van der Waals surface area contributed by atoms with Crippen LogP contribution in [0.1, 0.15) is 34.7 Å². The Labute approximate surface area is 165 Å². The van der Waals surface area contributed by atoms with Gasteiger partial charge in [0.15, 0.2) is 5.78 Å². The monoisotopic (exact) mass is 441 g/mol. The van der Waals surface area contributed by atoms with Crippen molar-refractivity contribution >= 4 is 11.7 Å². The zero-order chi connectivity index (χ0) is 22.3. The lowest BCUT2D eigenvalue weighted by molar-refractivity contribution is -0.418. The molecule has 1 heterocycles. The van der Waals surface area contributed by atoms with E-state index in [2.05, 4.69) is 0 Å². The number of halogens is 8. The second-order valence-electron chi connectivity index (χ2n) is 7.95. The fraction of sp³-hybridized carbons (Fsp3) is 0.579. The summed E-state index contributed by atoms with van der Waals surface area (Å²) in [6.07, 6.45) is -0.0871. The molecule has 1 aromatic carbocycles. The fourth-order valence-electron chi connectivity index (χ4n) is 4.70. The third-order valence-corrected chi connectivity index (χ3v) is 6.39. The summed E-state index contributed by atoms with van der Waals surface area (Å²) in [6.45, 7) is -2.41. The summed E-state index contributed by atoms with van der Waals surface area (Å²) >= 11 is 0. The van der Waals surface area contributed by atoms with E-state index in [-0.39, 0.29) is 29.8 Å². The van der Waals surface area contributed by atoms with Gasteiger partial charge in [0.2, 0.25) is 5.91 Å². The van der Waals surface area contributed by atoms with Crippen LogP contribution < -0.4 is 0 Å². The molecular formula is C19H15F8NO2. The number of hydrogen-bond acceptors (Lipinski definition) is 2. The van der Waals surface area contributed by atoms with Crippen LogP contribution in [-0.4, -0.2) is 53.4 Å². The van der Waals surface area contributed by atoms with Gasteiger partial charge in [0.25, 0.3) is 0 Å². The maximum absolute atomic E-state index is 14.2. The van der Waals surface area contributed by atoms with Crippen molar-refractivity contribution in [2.24, 2.45) is 11.8 Å². The average molecular weight is 441 g/mol. The Morgan fingerprint density at radius 3 is 1.90 bits per heavy atom. The summed E-state index contributed by atoms with van der Waals surface area (Å²) in [5, 5.41) is 0. The number of ketones is 1. The van der Waals surface area contributed by atoms with Gasteiger partial charge in [0, 0.05) is 25.1 Å². The lowest BCUT2D eigenvalue weighted by Crippen LogP contribution is -2.72. The third-order valence-electron chi connectivity index (χ3n) is 6.39. The molecule has 3 unspecified atom stereocenters. The molecule has 0 aromatic heterocycles. The lowest BCUT2D eigenvalue weighted by atomic mass is 9.71. The minimum Gasteiger partial charge on any atom is -0.341 e. The predicted octanol–water partition coefficient (Wildman–Crippen LogP) is 4.38. The zero-order valence-electron chi connectivity index (χ0n) is 15.2. The first-order valence-electron chi connectivity index (χ1n) is 9.17. The molecule has 1 aliphatic heterocycles. The largest absolute Gasteiger partial charge is 0.378 e. The molecule has 30 heavy (non-hydrogen) atoms. The van der Waals surface area contributed by atoms with E-state index in [1.54, 1.807) is 6.07 Å². The highest BCUT2D eigenvalue weighted by Crippen LogP contribution is 2.65. The van der Waals surface area contributed by atoms with Crippen LogP contribution in [-0.2, 0) is 4.79 Å². The van der Waals surface area contributed by atoms with Crippen LogP contribution in [0.15, 0.2) is 24.3 Å². The number of amides is 1. The van der Waals surface area contributed by atoms with E-state index in [1.165, 1.54) is 18.2 Å². The molecule has 1 aromatic rings. The minimum absolute atomic E-state index is 0.0282. The van der Waals surface area contributed by atoms with Gasteiger partial charge >= 0.3 is 23.7 Å². The molecule has 1 saturated heterocycles. The lowest BCUT2D eigenvalue weighted by Gasteiger charge is -2.47. The van der Waals surface area contributed by atoms with Gasteiger partial charge in [-0.15, -0.1) is 0 Å². The summed E-state index contributed by atoms with van der Waals surface area (Å²) in [5.74, 6) is -31.3. The third kappa shape index (κ3) is 2.43. The molecule has 11 heteroatoms. The van der Waals surface area contributed by atoms with Crippen LogP contribution in [0.25, 0.3) is 0 Å². The highest BCUT2D eigenvalue weighted by atomic mass is 19.4. The summed E-state index contributed by atoms with van der Waals surface area (Å²) in [6, 6.07) is 5.96. The van der Waals surface area contributed by atoms with Crippen LogP contribution in [0.2, 0.25) is 0 Å². The van der Waals surface area contributed by atoms with E-state index < -0.39 is 60.4 Å². The molecule has 4 rings (SSSR count). The van der Waals surface area contributed by atoms with Gasteiger partial charge in [0.1, 0.15) is 0 Å². The molecular weight excluding hydrogens is 426 g/mol. The zero-order valence-corrected chi connectivity index (χ0v) is 15.2. The van der Waals surface area contributed by atoms with Gasteiger partial charge in [-0.25, -0.2) is 0 Å². The molecule has 164 valence electrons. The summed E-state index contributed by atoms with van der Waals surface area (Å²) in [5.41, 5.74) is 0.482. The van der Waals surface area contributed by atoms with Crippen molar-refractivity contribution < 1.29 is 44.7 Å². The maximum Gasteiger partial charge on any atom is 0.378 e. The number of benzene rings is 1. The van der Waals surface area contributed by atoms with Crippen molar-refractivity contribution in [3.8, 4) is 0 Å². The minimum atomic E-state index is -6.27. The number of carbonyl (C=O) groups is 2. The van der Waals surface area contributed by atoms with E-state index in [9.17, 15) is 44.7 Å². The van der Waals surface area contributed by atoms with Gasteiger partial charge in [0.05, 0.1) is 17.8 Å². The second kappa shape index (κ2) is 6.16. The van der Waals surface area contributed by atoms with E-state index >= 15 is 0 Å². The van der Waals surface area contributed by atoms with Crippen molar-refractivity contribution in [1.29, 1.82) is 0 Å². The summed E-state index contributed by atoms with van der Waals surface area (Å²) in [7, 11) is 0. The van der Waals surface area contributed by atoms with Crippen molar-refractivity contribution in [3.63, 3.8) is 0 Å². The number of carbonyl (C=O) groups excluding carboxylic acids is 2. The van der Waals surface area contributed by atoms with Crippen LogP contribution in [0.5, 0.6) is 0 Å². The fourth-order valence-corrected chi connectivity index (χ4v) is 4.70. The molecule has 0 spiro atoms. The molecule has 2 fully saturated rings. The van der Waals surface area contributed by atoms with Crippen LogP contribution in [0.3, 0.4) is 0 Å². The molecule has 2 aliphatic carbocycles. The quantitative estimate of drug-likeness (QED) is 0.607. The van der Waals surface area contributed by atoms with Gasteiger partial charge in [-0.3, -0.25) is 9.59 Å². The van der Waals surface area contributed by atoms with Gasteiger partial charge in [-0.05, 0) is 12.0 Å². The molecule has 3 aliphatic rings. The number of nitrogens with zero attached hydrogens (tertiary/aromatic N) is 1. The Balaban J connectivity index is 1.68. The van der Waals surface area contributed by atoms with E-state index in [0.717, 1.165) is 0 Å². The predicted molar refractivity (Wildman–Crippen MR) is 86.1 cm³/mol. The van der Waals surface area contributed by atoms with Gasteiger partial charge in [-0.2, -0.15) is 35.1 Å². The first kappa shape index (κ1) is 21.0. The topological polar surface area (TPSA) is 37.4 Å². The van der Waals surface area contributed by atoms with Crippen LogP contribution in [0.4, 0.5) is 35.1 Å². The Morgan fingerprint density at radius 1 is 0.867 bits per heavy atom. The average Bonchev–Trinajstić information content (AvgIpc) is 3.14. The molecule has 3 atom stereocenters. The molecule has 1 saturated carbocycles. The first-order chi connectivity index (χ1) is 13.7. The molecule has 3 nitrogen and oxygen atoms in total. The number of fused-ring (bicyclic) bond motifs is 2. The maximum atomic E-state index is 14.2. The van der Waals surface area contributed by atoms with Crippen LogP contribution in [0, 0.1) is 11.8 Å². The number of alkyl halides is 8. The number of likely N-dealkylation sites (tertiary alicyclic amines) is 1. The summed E-state index contributed by atoms with van der Waals surface area (Å²) < 4.78 is 112. The number of hydrogen-bond donors (Lipinski definition) is 0.